The van der Waals surface area contributed by atoms with Crippen molar-refractivity contribution in [1.29, 1.82) is 0 Å². The zero-order chi connectivity index (χ0) is 14.5. The van der Waals surface area contributed by atoms with Crippen LogP contribution in [0.1, 0.15) is 35.3 Å². The Morgan fingerprint density at radius 1 is 1.26 bits per heavy atom. The molecule has 0 heterocycles. The molecule has 0 bridgehead atoms. The van der Waals surface area contributed by atoms with Crippen molar-refractivity contribution in [3.05, 3.63) is 34.9 Å². The molecule has 3 nitrogen and oxygen atoms in total. The Kier molecular flexibility index (Phi) is 5.88. The van der Waals surface area contributed by atoms with E-state index in [4.69, 9.17) is 0 Å². The number of carbonyl (C=O) groups excluding carboxylic acids is 1. The van der Waals surface area contributed by atoms with E-state index in [1.54, 1.807) is 25.6 Å². The van der Waals surface area contributed by atoms with Crippen molar-refractivity contribution < 1.29 is 9.90 Å². The van der Waals surface area contributed by atoms with Gasteiger partial charge in [0.05, 0.1) is 5.60 Å². The lowest BCUT2D eigenvalue weighted by atomic mass is 10.1. The molecule has 0 aliphatic heterocycles. The number of carbonyl (C=O) groups is 1. The Labute approximate surface area is 119 Å². The Morgan fingerprint density at radius 3 is 2.37 bits per heavy atom. The van der Waals surface area contributed by atoms with Crippen molar-refractivity contribution in [2.45, 2.75) is 33.3 Å². The number of rotatable bonds is 6. The van der Waals surface area contributed by atoms with Crippen molar-refractivity contribution in [1.82, 2.24) is 5.32 Å². The molecule has 0 aliphatic carbocycles. The van der Waals surface area contributed by atoms with Gasteiger partial charge in [-0.3, -0.25) is 4.79 Å². The second kappa shape index (κ2) is 6.96. The van der Waals surface area contributed by atoms with E-state index in [-0.39, 0.29) is 5.91 Å². The molecule has 4 heteroatoms. The molecule has 1 aromatic rings. The standard InChI is InChI=1S/C15H23NO2S/c1-11-7-12(2)9-13(8-11)14(17)16-5-6-19-10-15(3,4)18/h7-9,18H,5-6,10H2,1-4H3,(H,16,17). The van der Waals surface area contributed by atoms with E-state index in [0.717, 1.165) is 16.9 Å². The van der Waals surface area contributed by atoms with Crippen LogP contribution in [0.25, 0.3) is 0 Å². The van der Waals surface area contributed by atoms with E-state index < -0.39 is 5.60 Å². The summed E-state index contributed by atoms with van der Waals surface area (Å²) in [4.78, 5) is 11.9. The highest BCUT2D eigenvalue weighted by Crippen LogP contribution is 2.11. The summed E-state index contributed by atoms with van der Waals surface area (Å²) in [6, 6.07) is 5.84. The van der Waals surface area contributed by atoms with E-state index in [1.807, 2.05) is 26.0 Å². The number of hydrogen-bond acceptors (Lipinski definition) is 3. The summed E-state index contributed by atoms with van der Waals surface area (Å²) in [6.07, 6.45) is 0. The molecule has 1 rings (SSSR count). The second-order valence-corrected chi connectivity index (χ2v) is 6.60. The number of amides is 1. The van der Waals surface area contributed by atoms with Gasteiger partial charge >= 0.3 is 0 Å². The predicted octanol–water partition coefficient (Wildman–Crippen LogP) is 2.54. The fourth-order valence-electron chi connectivity index (χ4n) is 1.77. The fraction of sp³-hybridized carbons (Fsp3) is 0.533. The van der Waals surface area contributed by atoms with Crippen LogP contribution < -0.4 is 5.32 Å². The molecule has 19 heavy (non-hydrogen) atoms. The van der Waals surface area contributed by atoms with Gasteiger partial charge in [-0.25, -0.2) is 0 Å². The molecule has 0 spiro atoms. The summed E-state index contributed by atoms with van der Waals surface area (Å²) in [5, 5.41) is 12.5. The molecule has 0 saturated heterocycles. The number of nitrogens with one attached hydrogen (secondary N) is 1. The van der Waals surface area contributed by atoms with Gasteiger partial charge in [0.1, 0.15) is 0 Å². The van der Waals surface area contributed by atoms with Gasteiger partial charge in [-0.05, 0) is 39.8 Å². The van der Waals surface area contributed by atoms with Crippen LogP contribution in [0.3, 0.4) is 0 Å². The quantitative estimate of drug-likeness (QED) is 0.788. The molecule has 0 saturated carbocycles. The first-order valence-corrected chi connectivity index (χ1v) is 7.60. The Bertz CT molecular complexity index is 418. The monoisotopic (exact) mass is 281 g/mol. The van der Waals surface area contributed by atoms with E-state index in [9.17, 15) is 9.90 Å². The van der Waals surface area contributed by atoms with Crippen LogP contribution in [-0.4, -0.2) is 34.7 Å². The molecule has 0 fully saturated rings. The topological polar surface area (TPSA) is 49.3 Å². The molecular formula is C15H23NO2S. The maximum atomic E-state index is 11.9. The number of hydrogen-bond donors (Lipinski definition) is 2. The zero-order valence-corrected chi connectivity index (χ0v) is 12.9. The third-order valence-corrected chi connectivity index (χ3v) is 3.87. The van der Waals surface area contributed by atoms with Crippen molar-refractivity contribution in [2.75, 3.05) is 18.1 Å². The Balaban J connectivity index is 2.35. The van der Waals surface area contributed by atoms with Crippen LogP contribution in [0, 0.1) is 13.8 Å². The van der Waals surface area contributed by atoms with Gasteiger partial charge in [-0.1, -0.05) is 17.2 Å². The van der Waals surface area contributed by atoms with E-state index >= 15 is 0 Å². The van der Waals surface area contributed by atoms with Crippen LogP contribution in [0.2, 0.25) is 0 Å². The van der Waals surface area contributed by atoms with E-state index in [1.165, 1.54) is 0 Å². The van der Waals surface area contributed by atoms with Crippen molar-refractivity contribution >= 4 is 17.7 Å². The fourth-order valence-corrected chi connectivity index (χ4v) is 2.66. The predicted molar refractivity (Wildman–Crippen MR) is 81.9 cm³/mol. The van der Waals surface area contributed by atoms with Gasteiger partial charge in [0.25, 0.3) is 5.91 Å². The summed E-state index contributed by atoms with van der Waals surface area (Å²) in [5.74, 6) is 1.45. The molecule has 0 aliphatic rings. The molecule has 1 amide bonds. The molecule has 0 unspecified atom stereocenters. The highest BCUT2D eigenvalue weighted by molar-refractivity contribution is 7.99. The van der Waals surface area contributed by atoms with Crippen LogP contribution in [0.5, 0.6) is 0 Å². The zero-order valence-electron chi connectivity index (χ0n) is 12.1. The number of thioether (sulfide) groups is 1. The average molecular weight is 281 g/mol. The largest absolute Gasteiger partial charge is 0.390 e. The van der Waals surface area contributed by atoms with Gasteiger partial charge in [0.15, 0.2) is 0 Å². The molecule has 0 atom stereocenters. The van der Waals surface area contributed by atoms with E-state index in [2.05, 4.69) is 11.4 Å². The third kappa shape index (κ3) is 6.64. The van der Waals surface area contributed by atoms with Gasteiger partial charge in [-0.15, -0.1) is 0 Å². The third-order valence-electron chi connectivity index (χ3n) is 2.47. The van der Waals surface area contributed by atoms with Crippen LogP contribution in [0.4, 0.5) is 0 Å². The van der Waals surface area contributed by atoms with Gasteiger partial charge in [-0.2, -0.15) is 11.8 Å². The first-order valence-electron chi connectivity index (χ1n) is 6.44. The molecule has 1 aromatic carbocycles. The van der Waals surface area contributed by atoms with E-state index in [0.29, 0.717) is 17.9 Å². The minimum absolute atomic E-state index is 0.0318. The highest BCUT2D eigenvalue weighted by atomic mass is 32.2. The summed E-state index contributed by atoms with van der Waals surface area (Å²) in [5.41, 5.74) is 2.26. The second-order valence-electron chi connectivity index (χ2n) is 5.50. The molecule has 0 radical (unpaired) electrons. The summed E-state index contributed by atoms with van der Waals surface area (Å²) in [6.45, 7) is 8.17. The van der Waals surface area contributed by atoms with Crippen molar-refractivity contribution in [2.24, 2.45) is 0 Å². The van der Waals surface area contributed by atoms with Crippen LogP contribution in [-0.2, 0) is 0 Å². The van der Waals surface area contributed by atoms with Gasteiger partial charge in [0, 0.05) is 23.6 Å². The summed E-state index contributed by atoms with van der Waals surface area (Å²) < 4.78 is 0. The smallest absolute Gasteiger partial charge is 0.251 e. The molecule has 0 aromatic heterocycles. The average Bonchev–Trinajstić information content (AvgIpc) is 2.25. The Morgan fingerprint density at radius 2 is 1.84 bits per heavy atom. The lowest BCUT2D eigenvalue weighted by molar-refractivity contribution is 0.0956. The minimum Gasteiger partial charge on any atom is -0.390 e. The van der Waals surface area contributed by atoms with Crippen molar-refractivity contribution in [3.63, 3.8) is 0 Å². The number of aryl methyl sites for hydroxylation is 2. The number of benzene rings is 1. The lowest BCUT2D eigenvalue weighted by Gasteiger charge is -2.16. The molecule has 106 valence electrons. The summed E-state index contributed by atoms with van der Waals surface area (Å²) in [7, 11) is 0. The SMILES string of the molecule is Cc1cc(C)cc(C(=O)NCCSCC(C)(C)O)c1. The number of aliphatic hydroxyl groups is 1. The molecular weight excluding hydrogens is 258 g/mol. The van der Waals surface area contributed by atoms with Crippen molar-refractivity contribution in [3.8, 4) is 0 Å². The summed E-state index contributed by atoms with van der Waals surface area (Å²) >= 11 is 1.64. The maximum absolute atomic E-state index is 11.9. The van der Waals surface area contributed by atoms with Gasteiger partial charge < -0.3 is 10.4 Å². The Hall–Kier alpha value is -1.00. The minimum atomic E-state index is -0.650. The van der Waals surface area contributed by atoms with Crippen LogP contribution in [0.15, 0.2) is 18.2 Å². The lowest BCUT2D eigenvalue weighted by Crippen LogP contribution is -2.27. The maximum Gasteiger partial charge on any atom is 0.251 e. The molecule has 2 N–H and O–H groups in total. The first kappa shape index (κ1) is 16.1. The normalized spacial score (nSPS) is 11.4. The first-order chi connectivity index (χ1) is 8.78. The highest BCUT2D eigenvalue weighted by Gasteiger charge is 2.12. The van der Waals surface area contributed by atoms with Gasteiger partial charge in [0.2, 0.25) is 0 Å². The van der Waals surface area contributed by atoms with Crippen LogP contribution >= 0.6 is 11.8 Å².